The summed E-state index contributed by atoms with van der Waals surface area (Å²) in [4.78, 5) is 14.3. The van der Waals surface area contributed by atoms with Crippen molar-refractivity contribution < 1.29 is 14.4 Å². The third-order valence-electron chi connectivity index (χ3n) is 2.88. The van der Waals surface area contributed by atoms with Crippen molar-refractivity contribution in [2.24, 2.45) is 0 Å². The van der Waals surface area contributed by atoms with Crippen molar-refractivity contribution in [1.29, 1.82) is 0 Å². The van der Waals surface area contributed by atoms with Crippen molar-refractivity contribution in [3.63, 3.8) is 0 Å². The molecule has 1 fully saturated rings. The Kier molecular flexibility index (Phi) is 4.97. The third-order valence-corrected chi connectivity index (χ3v) is 3.82. The zero-order valence-corrected chi connectivity index (χ0v) is 10.7. The maximum atomic E-state index is 11.7. The summed E-state index contributed by atoms with van der Waals surface area (Å²) < 4.78 is 5.26. The summed E-state index contributed by atoms with van der Waals surface area (Å²) in [5.74, 6) is 0.151. The van der Waals surface area contributed by atoms with Crippen molar-refractivity contribution in [1.82, 2.24) is 5.32 Å². The smallest absolute Gasteiger partial charge is 0.275 e. The largest absolute Gasteiger partial charge is 0.370 e. The van der Waals surface area contributed by atoms with E-state index in [1.54, 1.807) is 11.3 Å². The molecule has 1 amide bonds. The number of rotatable bonds is 5. The number of quaternary nitrogens is 1. The average Bonchev–Trinajstić information content (AvgIpc) is 2.83. The lowest BCUT2D eigenvalue weighted by Gasteiger charge is -2.23. The van der Waals surface area contributed by atoms with Gasteiger partial charge in [0.25, 0.3) is 5.91 Å². The first-order chi connectivity index (χ1) is 8.34. The Morgan fingerprint density at radius 1 is 1.47 bits per heavy atom. The molecule has 1 saturated heterocycles. The van der Waals surface area contributed by atoms with Crippen LogP contribution in [0.25, 0.3) is 0 Å². The summed E-state index contributed by atoms with van der Waals surface area (Å²) in [6.07, 6.45) is 0.932. The fraction of sp³-hybridized carbons (Fsp3) is 0.583. The predicted molar refractivity (Wildman–Crippen MR) is 67.4 cm³/mol. The molecule has 4 nitrogen and oxygen atoms in total. The standard InChI is InChI=1S/C12H18N2O2S/c15-12(10-14-5-7-16-8-6-14)13-4-3-11-2-1-9-17-11/h1-2,9H,3-8,10H2,(H,13,15)/p+1. The summed E-state index contributed by atoms with van der Waals surface area (Å²) in [5.41, 5.74) is 0. The van der Waals surface area contributed by atoms with Crippen LogP contribution in [0.15, 0.2) is 17.5 Å². The second kappa shape index (κ2) is 6.74. The van der Waals surface area contributed by atoms with E-state index in [1.165, 1.54) is 9.78 Å². The summed E-state index contributed by atoms with van der Waals surface area (Å²) in [6, 6.07) is 4.14. The Balaban J connectivity index is 1.60. The number of hydrogen-bond donors (Lipinski definition) is 2. The molecule has 1 aliphatic rings. The fourth-order valence-corrected chi connectivity index (χ4v) is 2.62. The van der Waals surface area contributed by atoms with E-state index in [4.69, 9.17) is 4.74 Å². The van der Waals surface area contributed by atoms with Crippen molar-refractivity contribution in [3.8, 4) is 0 Å². The number of morpholine rings is 1. The molecule has 1 aromatic heterocycles. The summed E-state index contributed by atoms with van der Waals surface area (Å²) in [7, 11) is 0. The van der Waals surface area contributed by atoms with Gasteiger partial charge in [0.1, 0.15) is 13.1 Å². The topological polar surface area (TPSA) is 42.8 Å². The van der Waals surface area contributed by atoms with Gasteiger partial charge in [-0.2, -0.15) is 0 Å². The first kappa shape index (κ1) is 12.5. The summed E-state index contributed by atoms with van der Waals surface area (Å²) in [6.45, 7) is 4.75. The number of thiophene rings is 1. The van der Waals surface area contributed by atoms with E-state index < -0.39 is 0 Å². The van der Waals surface area contributed by atoms with Crippen LogP contribution in [0.2, 0.25) is 0 Å². The van der Waals surface area contributed by atoms with Gasteiger partial charge in [-0.3, -0.25) is 4.79 Å². The first-order valence-electron chi connectivity index (χ1n) is 6.05. The van der Waals surface area contributed by atoms with E-state index in [-0.39, 0.29) is 5.91 Å². The van der Waals surface area contributed by atoms with Crippen LogP contribution in [-0.2, 0) is 16.0 Å². The third kappa shape index (κ3) is 4.46. The maximum absolute atomic E-state index is 11.7. The normalized spacial score (nSPS) is 16.9. The number of ether oxygens (including phenoxy) is 1. The molecule has 0 saturated carbocycles. The molecule has 0 bridgehead atoms. The molecule has 0 aromatic carbocycles. The Morgan fingerprint density at radius 3 is 3.00 bits per heavy atom. The molecule has 1 aromatic rings. The molecule has 5 heteroatoms. The molecule has 2 N–H and O–H groups in total. The number of nitrogens with one attached hydrogen (secondary N) is 2. The molecule has 1 aliphatic heterocycles. The van der Waals surface area contributed by atoms with Crippen molar-refractivity contribution in [2.75, 3.05) is 39.4 Å². The molecular weight excluding hydrogens is 236 g/mol. The van der Waals surface area contributed by atoms with E-state index in [9.17, 15) is 4.79 Å². The van der Waals surface area contributed by atoms with Gasteiger partial charge in [0.2, 0.25) is 0 Å². The molecule has 0 atom stereocenters. The number of amides is 1. The lowest BCUT2D eigenvalue weighted by molar-refractivity contribution is -0.900. The van der Waals surface area contributed by atoms with Gasteiger partial charge in [0.15, 0.2) is 6.54 Å². The minimum Gasteiger partial charge on any atom is -0.370 e. The number of carbonyl (C=O) groups is 1. The summed E-state index contributed by atoms with van der Waals surface area (Å²) in [5, 5.41) is 5.04. The van der Waals surface area contributed by atoms with Crippen molar-refractivity contribution >= 4 is 17.2 Å². The highest BCUT2D eigenvalue weighted by Gasteiger charge is 2.16. The number of carbonyl (C=O) groups excluding carboxylic acids is 1. The molecular formula is C12H19N2O2S+. The van der Waals surface area contributed by atoms with Crippen LogP contribution in [0.1, 0.15) is 4.88 Å². The van der Waals surface area contributed by atoms with Crippen LogP contribution < -0.4 is 10.2 Å². The molecule has 0 radical (unpaired) electrons. The van der Waals surface area contributed by atoms with Gasteiger partial charge in [0, 0.05) is 11.4 Å². The second-order valence-electron chi connectivity index (χ2n) is 4.22. The van der Waals surface area contributed by atoms with Crippen molar-refractivity contribution in [2.45, 2.75) is 6.42 Å². The quantitative estimate of drug-likeness (QED) is 0.732. The van der Waals surface area contributed by atoms with Crippen LogP contribution in [0.4, 0.5) is 0 Å². The number of hydrogen-bond acceptors (Lipinski definition) is 3. The van der Waals surface area contributed by atoms with E-state index >= 15 is 0 Å². The minimum atomic E-state index is 0.151. The Morgan fingerprint density at radius 2 is 2.29 bits per heavy atom. The lowest BCUT2D eigenvalue weighted by Crippen LogP contribution is -3.15. The highest BCUT2D eigenvalue weighted by molar-refractivity contribution is 7.09. The van der Waals surface area contributed by atoms with Crippen molar-refractivity contribution in [3.05, 3.63) is 22.4 Å². The van der Waals surface area contributed by atoms with E-state index in [2.05, 4.69) is 16.8 Å². The Labute approximate surface area is 106 Å². The van der Waals surface area contributed by atoms with Crippen LogP contribution in [0.5, 0.6) is 0 Å². The average molecular weight is 255 g/mol. The van der Waals surface area contributed by atoms with Crippen LogP contribution >= 0.6 is 11.3 Å². The van der Waals surface area contributed by atoms with Gasteiger partial charge in [-0.05, 0) is 17.9 Å². The zero-order chi connectivity index (χ0) is 11.9. The van der Waals surface area contributed by atoms with Crippen LogP contribution in [0, 0.1) is 0 Å². The van der Waals surface area contributed by atoms with Gasteiger partial charge in [-0.25, -0.2) is 0 Å². The van der Waals surface area contributed by atoms with Gasteiger partial charge < -0.3 is 15.0 Å². The fourth-order valence-electron chi connectivity index (χ4n) is 1.91. The minimum absolute atomic E-state index is 0.151. The molecule has 0 spiro atoms. The zero-order valence-electron chi connectivity index (χ0n) is 9.91. The lowest BCUT2D eigenvalue weighted by atomic mass is 10.3. The van der Waals surface area contributed by atoms with Gasteiger partial charge in [-0.1, -0.05) is 6.07 Å². The molecule has 2 heterocycles. The van der Waals surface area contributed by atoms with Gasteiger partial charge in [-0.15, -0.1) is 11.3 Å². The van der Waals surface area contributed by atoms with Gasteiger partial charge >= 0.3 is 0 Å². The highest BCUT2D eigenvalue weighted by Crippen LogP contribution is 2.07. The predicted octanol–water partition coefficient (Wildman–Crippen LogP) is -0.678. The second-order valence-corrected chi connectivity index (χ2v) is 5.25. The summed E-state index contributed by atoms with van der Waals surface area (Å²) >= 11 is 1.74. The van der Waals surface area contributed by atoms with Crippen LogP contribution in [0.3, 0.4) is 0 Å². The monoisotopic (exact) mass is 255 g/mol. The molecule has 94 valence electrons. The SMILES string of the molecule is O=C(C[NH+]1CCOCC1)NCCc1cccs1. The Bertz CT molecular complexity index is 334. The van der Waals surface area contributed by atoms with E-state index in [0.717, 1.165) is 39.3 Å². The maximum Gasteiger partial charge on any atom is 0.275 e. The molecule has 2 rings (SSSR count). The van der Waals surface area contributed by atoms with E-state index in [1.807, 2.05) is 6.07 Å². The molecule has 17 heavy (non-hydrogen) atoms. The molecule has 0 unspecified atom stereocenters. The highest BCUT2D eigenvalue weighted by atomic mass is 32.1. The first-order valence-corrected chi connectivity index (χ1v) is 6.93. The van der Waals surface area contributed by atoms with E-state index in [0.29, 0.717) is 6.54 Å². The Hall–Kier alpha value is -0.910. The van der Waals surface area contributed by atoms with Gasteiger partial charge in [0.05, 0.1) is 13.2 Å². The van der Waals surface area contributed by atoms with Crippen LogP contribution in [-0.4, -0.2) is 45.3 Å². The molecule has 0 aliphatic carbocycles.